The Bertz CT molecular complexity index is 1190. The Morgan fingerprint density at radius 2 is 0.822 bits per heavy atom. The van der Waals surface area contributed by atoms with Crippen LogP contribution in [-0.2, 0) is 52.7 Å². The molecule has 45 heavy (non-hydrogen) atoms. The van der Waals surface area contributed by atoms with Crippen molar-refractivity contribution in [1.29, 1.82) is 0 Å². The summed E-state index contributed by atoms with van der Waals surface area (Å²) in [6.07, 6.45) is -2.30. The summed E-state index contributed by atoms with van der Waals surface area (Å²) in [5.41, 5.74) is 20.2. The number of primary amides is 3. The summed E-state index contributed by atoms with van der Waals surface area (Å²) in [5.74, 6) is -11.4. The lowest BCUT2D eigenvalue weighted by atomic mass is 10.1. The van der Waals surface area contributed by atoms with Crippen LogP contribution in [0.2, 0.25) is 0 Å². The highest BCUT2D eigenvalue weighted by atomic mass is 16.4. The van der Waals surface area contributed by atoms with E-state index in [2.05, 4.69) is 26.6 Å². The molecule has 0 unspecified atom stereocenters. The highest BCUT2D eigenvalue weighted by Crippen LogP contribution is 1.98. The van der Waals surface area contributed by atoms with Gasteiger partial charge in [-0.25, -0.2) is 4.79 Å². The van der Waals surface area contributed by atoms with Gasteiger partial charge in [0.05, 0.1) is 52.0 Å². The number of nitrogens with two attached hydrogens (primary N) is 4. The Morgan fingerprint density at radius 3 is 1.24 bits per heavy atom. The monoisotopic (exact) mass is 645 g/mol. The first-order valence-electron chi connectivity index (χ1n) is 12.7. The molecule has 23 heteroatoms. The summed E-state index contributed by atoms with van der Waals surface area (Å²) < 4.78 is 0. The molecule has 0 aromatic rings. The first kappa shape index (κ1) is 39.1. The summed E-state index contributed by atoms with van der Waals surface area (Å²) in [7, 11) is 0. The average molecular weight is 646 g/mol. The van der Waals surface area contributed by atoms with E-state index in [1.807, 2.05) is 10.6 Å². The molecule has 0 saturated heterocycles. The molecule has 0 bridgehead atoms. The zero-order chi connectivity index (χ0) is 34.7. The van der Waals surface area contributed by atoms with E-state index >= 15 is 0 Å². The third-order valence-corrected chi connectivity index (χ3v) is 5.08. The molecule has 250 valence electrons. The highest BCUT2D eigenvalue weighted by Gasteiger charge is 2.29. The summed E-state index contributed by atoms with van der Waals surface area (Å²) in [6, 6.07) is -5.07. The molecule has 0 fully saturated rings. The zero-order valence-corrected chi connectivity index (χ0v) is 23.6. The van der Waals surface area contributed by atoms with Gasteiger partial charge in [0.2, 0.25) is 59.1 Å². The van der Waals surface area contributed by atoms with Crippen LogP contribution in [0.4, 0.5) is 0 Å². The molecule has 0 aromatic heterocycles. The van der Waals surface area contributed by atoms with Gasteiger partial charge in [-0.15, -0.1) is 0 Å². The minimum atomic E-state index is -1.73. The molecule has 0 saturated carbocycles. The van der Waals surface area contributed by atoms with Crippen LogP contribution in [-0.4, -0.2) is 121 Å². The lowest BCUT2D eigenvalue weighted by Gasteiger charge is -2.22. The maximum atomic E-state index is 12.8. The first-order valence-corrected chi connectivity index (χ1v) is 12.7. The molecule has 16 N–H and O–H groups in total. The number of amides is 10. The Hall–Kier alpha value is -5.87. The second-order valence-electron chi connectivity index (χ2n) is 8.90. The van der Waals surface area contributed by atoms with Crippen LogP contribution in [0.25, 0.3) is 0 Å². The van der Waals surface area contributed by atoms with Gasteiger partial charge >= 0.3 is 5.97 Å². The van der Waals surface area contributed by atoms with Crippen molar-refractivity contribution in [1.82, 2.24) is 37.2 Å². The van der Waals surface area contributed by atoms with Crippen LogP contribution < -0.4 is 60.2 Å². The van der Waals surface area contributed by atoms with Crippen molar-refractivity contribution in [3.8, 4) is 0 Å². The van der Waals surface area contributed by atoms with E-state index in [0.29, 0.717) is 0 Å². The van der Waals surface area contributed by atoms with Crippen LogP contribution in [0, 0.1) is 0 Å². The molecule has 0 aromatic carbocycles. The van der Waals surface area contributed by atoms with Gasteiger partial charge in [-0.3, -0.25) is 47.9 Å². The number of hydrogen-bond donors (Lipinski definition) is 12. The molecule has 0 heterocycles. The van der Waals surface area contributed by atoms with E-state index in [0.717, 1.165) is 0 Å². The Kier molecular flexibility index (Phi) is 17.5. The fraction of sp³-hybridized carbons (Fsp3) is 0.500. The molecule has 10 amide bonds. The molecular formula is C22H35N11O12. The number of rotatable bonds is 21. The number of carboxylic acids is 1. The van der Waals surface area contributed by atoms with E-state index in [-0.39, 0.29) is 6.54 Å². The van der Waals surface area contributed by atoms with Gasteiger partial charge in [0, 0.05) is 0 Å². The number of nitrogens with one attached hydrogen (secondary N) is 7. The van der Waals surface area contributed by atoms with Crippen molar-refractivity contribution in [3.05, 3.63) is 0 Å². The van der Waals surface area contributed by atoms with Gasteiger partial charge in [0.15, 0.2) is 0 Å². The Morgan fingerprint density at radius 1 is 0.467 bits per heavy atom. The topological polar surface area (TPSA) is 396 Å². The van der Waals surface area contributed by atoms with E-state index < -0.39 is 129 Å². The van der Waals surface area contributed by atoms with Crippen molar-refractivity contribution >= 4 is 65.0 Å². The SMILES string of the molecule is NCC(=O)NCC(=O)NCC(=O)N[C@@H](CC(N)=O)C(=O)N[C@@H](CC(N)=O)C(=O)NCC(=O)NCC(=O)N[C@@H](CC(N)=O)C(=O)O. The predicted octanol–water partition coefficient (Wildman–Crippen LogP) is -9.42. The number of carboxylic acid groups (broad SMARTS) is 1. The maximum absolute atomic E-state index is 12.8. The van der Waals surface area contributed by atoms with Crippen LogP contribution in [0.3, 0.4) is 0 Å². The summed E-state index contributed by atoms with van der Waals surface area (Å²) >= 11 is 0. The third-order valence-electron chi connectivity index (χ3n) is 5.08. The van der Waals surface area contributed by atoms with Crippen LogP contribution >= 0.6 is 0 Å². The maximum Gasteiger partial charge on any atom is 0.326 e. The van der Waals surface area contributed by atoms with Gasteiger partial charge in [-0.1, -0.05) is 0 Å². The van der Waals surface area contributed by atoms with E-state index in [1.165, 1.54) is 0 Å². The first-order chi connectivity index (χ1) is 20.9. The molecule has 0 aliphatic rings. The minimum Gasteiger partial charge on any atom is -0.480 e. The fourth-order valence-electron chi connectivity index (χ4n) is 3.01. The number of carbonyl (C=O) groups is 11. The lowest BCUT2D eigenvalue weighted by Crippen LogP contribution is -2.57. The van der Waals surface area contributed by atoms with Crippen molar-refractivity contribution in [2.45, 2.75) is 37.4 Å². The molecule has 3 atom stereocenters. The van der Waals surface area contributed by atoms with E-state index in [1.54, 1.807) is 0 Å². The largest absolute Gasteiger partial charge is 0.480 e. The molecule has 0 spiro atoms. The molecule has 0 aliphatic carbocycles. The van der Waals surface area contributed by atoms with Gasteiger partial charge in [-0.05, 0) is 0 Å². The fourth-order valence-corrected chi connectivity index (χ4v) is 3.01. The molecular weight excluding hydrogens is 610 g/mol. The smallest absolute Gasteiger partial charge is 0.326 e. The third kappa shape index (κ3) is 18.3. The number of hydrogen-bond acceptors (Lipinski definition) is 12. The second kappa shape index (κ2) is 20.1. The van der Waals surface area contributed by atoms with Crippen molar-refractivity contribution < 1.29 is 57.8 Å². The Labute approximate surface area is 253 Å². The normalized spacial score (nSPS) is 12.1. The van der Waals surface area contributed by atoms with Crippen molar-refractivity contribution in [2.24, 2.45) is 22.9 Å². The average Bonchev–Trinajstić information content (AvgIpc) is 2.94. The Balaban J connectivity index is 5.14. The van der Waals surface area contributed by atoms with Crippen molar-refractivity contribution in [3.63, 3.8) is 0 Å². The molecule has 0 radical (unpaired) electrons. The lowest BCUT2D eigenvalue weighted by molar-refractivity contribution is -0.143. The number of carbonyl (C=O) groups excluding carboxylic acids is 10. The van der Waals surface area contributed by atoms with E-state index in [4.69, 9.17) is 28.0 Å². The molecule has 0 rings (SSSR count). The quantitative estimate of drug-likeness (QED) is 0.0552. The summed E-state index contributed by atoms with van der Waals surface area (Å²) in [5, 5.41) is 23.5. The van der Waals surface area contributed by atoms with Crippen LogP contribution in [0.1, 0.15) is 19.3 Å². The standard InChI is InChI=1S/C22H35N11O12/c23-4-15(37)27-5-16(38)28-7-18(40)31-10(2-13(25)35)21(43)33-9(1-12(24)34)20(42)30-6-17(39)29-8-19(41)32-11(22(44)45)3-14(26)36/h9-11H,1-8,23H2,(H2,24,34)(H2,25,35)(H2,26,36)(H,27,37)(H,28,38)(H,29,39)(H,30,42)(H,31,40)(H,32,41)(H,33,43)(H,44,45)/t9-,10-,11-/m0/s1. The van der Waals surface area contributed by atoms with Crippen LogP contribution in [0.15, 0.2) is 0 Å². The molecule has 23 nitrogen and oxygen atoms in total. The van der Waals surface area contributed by atoms with Crippen molar-refractivity contribution in [2.75, 3.05) is 32.7 Å². The molecule has 0 aliphatic heterocycles. The van der Waals surface area contributed by atoms with Gasteiger partial charge in [-0.2, -0.15) is 0 Å². The predicted molar refractivity (Wildman–Crippen MR) is 146 cm³/mol. The number of aliphatic carboxylic acids is 1. The van der Waals surface area contributed by atoms with Crippen LogP contribution in [0.5, 0.6) is 0 Å². The summed E-state index contributed by atoms with van der Waals surface area (Å²) in [4.78, 5) is 129. The highest BCUT2D eigenvalue weighted by molar-refractivity contribution is 5.98. The second-order valence-corrected chi connectivity index (χ2v) is 8.90. The summed E-state index contributed by atoms with van der Waals surface area (Å²) in [6.45, 7) is -3.18. The van der Waals surface area contributed by atoms with Gasteiger partial charge < -0.3 is 65.3 Å². The minimum absolute atomic E-state index is 0.379. The van der Waals surface area contributed by atoms with E-state index in [9.17, 15) is 52.7 Å². The zero-order valence-electron chi connectivity index (χ0n) is 23.6. The van der Waals surface area contributed by atoms with Gasteiger partial charge in [0.25, 0.3) is 0 Å². The van der Waals surface area contributed by atoms with Gasteiger partial charge in [0.1, 0.15) is 18.1 Å².